The summed E-state index contributed by atoms with van der Waals surface area (Å²) in [6.45, 7) is 2.54. The van der Waals surface area contributed by atoms with Crippen molar-refractivity contribution in [1.29, 1.82) is 0 Å². The second-order valence-electron chi connectivity index (χ2n) is 6.74. The van der Waals surface area contributed by atoms with E-state index < -0.39 is 0 Å². The fraction of sp³-hybridized carbons (Fsp3) is 0.0833. The summed E-state index contributed by atoms with van der Waals surface area (Å²) < 4.78 is 21.1. The van der Waals surface area contributed by atoms with Crippen molar-refractivity contribution in [3.63, 3.8) is 0 Å². The van der Waals surface area contributed by atoms with E-state index >= 15 is 0 Å². The number of hydrogen-bond donors (Lipinski definition) is 0. The van der Waals surface area contributed by atoms with Crippen LogP contribution in [0.2, 0.25) is 0 Å². The van der Waals surface area contributed by atoms with E-state index in [1.807, 2.05) is 66.3 Å². The molecule has 0 unspecified atom stereocenters. The van der Waals surface area contributed by atoms with Crippen molar-refractivity contribution in [3.05, 3.63) is 84.8 Å². The molecule has 2 aromatic heterocycles. The summed E-state index contributed by atoms with van der Waals surface area (Å²) in [4.78, 5) is 4.65. The van der Waals surface area contributed by atoms with E-state index in [2.05, 4.69) is 4.98 Å². The van der Waals surface area contributed by atoms with Crippen LogP contribution in [0.1, 0.15) is 6.92 Å². The zero-order chi connectivity index (χ0) is 19.8. The van der Waals surface area contributed by atoms with Crippen LogP contribution in [0.5, 0.6) is 5.75 Å². The number of aromatic nitrogens is 3. The fourth-order valence-electron chi connectivity index (χ4n) is 3.60. The lowest BCUT2D eigenvalue weighted by Gasteiger charge is -2.08. The second-order valence-corrected chi connectivity index (χ2v) is 6.74. The van der Waals surface area contributed by atoms with Crippen LogP contribution < -0.4 is 4.74 Å². The number of halogens is 1. The van der Waals surface area contributed by atoms with Crippen molar-refractivity contribution in [2.45, 2.75) is 6.92 Å². The number of hydrogen-bond acceptors (Lipinski definition) is 3. The van der Waals surface area contributed by atoms with Crippen molar-refractivity contribution in [1.82, 2.24) is 14.8 Å². The number of ether oxygens (including phenoxy) is 1. The van der Waals surface area contributed by atoms with E-state index in [4.69, 9.17) is 9.84 Å². The molecule has 0 N–H and O–H groups in total. The average Bonchev–Trinajstić information content (AvgIpc) is 3.15. The van der Waals surface area contributed by atoms with Crippen molar-refractivity contribution >= 4 is 21.8 Å². The Morgan fingerprint density at radius 2 is 1.72 bits per heavy atom. The summed E-state index contributed by atoms with van der Waals surface area (Å²) in [6, 6.07) is 22.2. The van der Waals surface area contributed by atoms with Crippen LogP contribution in [-0.2, 0) is 0 Å². The lowest BCUT2D eigenvalue weighted by atomic mass is 10.1. The molecule has 0 saturated carbocycles. The van der Waals surface area contributed by atoms with Gasteiger partial charge in [0.25, 0.3) is 0 Å². The molecule has 5 aromatic rings. The lowest BCUT2D eigenvalue weighted by Crippen LogP contribution is -1.98. The van der Waals surface area contributed by atoms with Gasteiger partial charge in [0.2, 0.25) is 0 Å². The number of rotatable bonds is 4. The van der Waals surface area contributed by atoms with Gasteiger partial charge in [-0.15, -0.1) is 0 Å². The lowest BCUT2D eigenvalue weighted by molar-refractivity contribution is 0.341. The van der Waals surface area contributed by atoms with Gasteiger partial charge in [0.1, 0.15) is 17.3 Å². The van der Waals surface area contributed by atoms with Crippen molar-refractivity contribution in [2.75, 3.05) is 6.61 Å². The molecular weight excluding hydrogens is 365 g/mol. The highest BCUT2D eigenvalue weighted by atomic mass is 19.1. The molecule has 0 aliphatic heterocycles. The summed E-state index contributed by atoms with van der Waals surface area (Å²) in [7, 11) is 0. The third kappa shape index (κ3) is 3.01. The second kappa shape index (κ2) is 7.02. The van der Waals surface area contributed by atoms with Gasteiger partial charge in [-0.3, -0.25) is 4.98 Å². The molecule has 5 heteroatoms. The zero-order valence-electron chi connectivity index (χ0n) is 15.8. The number of benzene rings is 3. The Balaban J connectivity index is 1.87. The third-order valence-corrected chi connectivity index (χ3v) is 4.91. The Bertz CT molecular complexity index is 1310. The van der Waals surface area contributed by atoms with E-state index in [-0.39, 0.29) is 5.82 Å². The molecule has 4 nitrogen and oxygen atoms in total. The fourth-order valence-corrected chi connectivity index (χ4v) is 3.60. The third-order valence-electron chi connectivity index (χ3n) is 4.91. The molecule has 0 aliphatic carbocycles. The monoisotopic (exact) mass is 383 g/mol. The molecule has 0 spiro atoms. The minimum Gasteiger partial charge on any atom is -0.494 e. The zero-order valence-corrected chi connectivity index (χ0v) is 15.8. The molecule has 5 rings (SSSR count). The first-order chi connectivity index (χ1) is 14.2. The molecule has 0 atom stereocenters. The highest BCUT2D eigenvalue weighted by molar-refractivity contribution is 6.09. The van der Waals surface area contributed by atoms with Gasteiger partial charge < -0.3 is 4.74 Å². The SMILES string of the molecule is CCOc1ccc2ncc3c(-c4ccccc4)nn(-c4ccc(F)cc4)c3c2c1. The van der Waals surface area contributed by atoms with Gasteiger partial charge >= 0.3 is 0 Å². The highest BCUT2D eigenvalue weighted by Crippen LogP contribution is 2.34. The molecule has 2 heterocycles. The van der Waals surface area contributed by atoms with E-state index in [1.54, 1.807) is 12.1 Å². The Kier molecular flexibility index (Phi) is 4.21. The first-order valence-corrected chi connectivity index (χ1v) is 9.50. The Morgan fingerprint density at radius 3 is 2.48 bits per heavy atom. The Morgan fingerprint density at radius 1 is 0.931 bits per heavy atom. The van der Waals surface area contributed by atoms with Gasteiger partial charge in [-0.2, -0.15) is 5.10 Å². The predicted molar refractivity (Wildman–Crippen MR) is 113 cm³/mol. The van der Waals surface area contributed by atoms with Crippen LogP contribution in [-0.4, -0.2) is 21.4 Å². The van der Waals surface area contributed by atoms with Crippen molar-refractivity contribution in [3.8, 4) is 22.7 Å². The molecule has 0 saturated heterocycles. The van der Waals surface area contributed by atoms with Crippen LogP contribution in [0.15, 0.2) is 79.0 Å². The molecule has 0 aliphatic rings. The summed E-state index contributed by atoms with van der Waals surface area (Å²) in [5.41, 5.74) is 4.39. The van der Waals surface area contributed by atoms with Gasteiger partial charge in [-0.25, -0.2) is 9.07 Å². The number of nitrogens with zero attached hydrogens (tertiary/aromatic N) is 3. The normalized spacial score (nSPS) is 11.2. The maximum Gasteiger partial charge on any atom is 0.123 e. The summed E-state index contributed by atoms with van der Waals surface area (Å²) >= 11 is 0. The summed E-state index contributed by atoms with van der Waals surface area (Å²) in [6.07, 6.45) is 1.85. The molecule has 142 valence electrons. The van der Waals surface area contributed by atoms with Crippen LogP contribution in [0.25, 0.3) is 38.8 Å². The van der Waals surface area contributed by atoms with Crippen LogP contribution in [0.3, 0.4) is 0 Å². The molecule has 0 radical (unpaired) electrons. The van der Waals surface area contributed by atoms with E-state index in [0.717, 1.165) is 44.5 Å². The summed E-state index contributed by atoms with van der Waals surface area (Å²) in [5, 5.41) is 6.77. The first-order valence-electron chi connectivity index (χ1n) is 9.50. The minimum absolute atomic E-state index is 0.279. The van der Waals surface area contributed by atoms with E-state index in [1.165, 1.54) is 12.1 Å². The average molecular weight is 383 g/mol. The Labute approximate surface area is 167 Å². The number of pyridine rings is 1. The standard InChI is InChI=1S/C24H18FN3O/c1-2-29-19-12-13-22-20(14-19)24-21(15-26-22)23(16-6-4-3-5-7-16)27-28(24)18-10-8-17(25)9-11-18/h3-15H,2H2,1H3. The Hall–Kier alpha value is -3.73. The molecule has 29 heavy (non-hydrogen) atoms. The largest absolute Gasteiger partial charge is 0.494 e. The molecule has 0 fully saturated rings. The van der Waals surface area contributed by atoms with E-state index in [9.17, 15) is 4.39 Å². The highest BCUT2D eigenvalue weighted by Gasteiger charge is 2.17. The maximum absolute atomic E-state index is 13.5. The smallest absolute Gasteiger partial charge is 0.123 e. The topological polar surface area (TPSA) is 39.9 Å². The molecule has 0 amide bonds. The quantitative estimate of drug-likeness (QED) is 0.395. The van der Waals surface area contributed by atoms with Gasteiger partial charge in [-0.05, 0) is 49.4 Å². The minimum atomic E-state index is -0.279. The summed E-state index contributed by atoms with van der Waals surface area (Å²) in [5.74, 6) is 0.501. The van der Waals surface area contributed by atoms with Crippen molar-refractivity contribution in [2.24, 2.45) is 0 Å². The van der Waals surface area contributed by atoms with Crippen LogP contribution in [0.4, 0.5) is 4.39 Å². The van der Waals surface area contributed by atoms with Crippen LogP contribution in [0, 0.1) is 5.82 Å². The van der Waals surface area contributed by atoms with E-state index in [0.29, 0.717) is 6.61 Å². The predicted octanol–water partition coefficient (Wildman–Crippen LogP) is 5.78. The molecular formula is C24H18FN3O. The first kappa shape index (κ1) is 17.4. The van der Waals surface area contributed by atoms with Gasteiger partial charge in [-0.1, -0.05) is 30.3 Å². The van der Waals surface area contributed by atoms with Gasteiger partial charge in [0, 0.05) is 22.5 Å². The van der Waals surface area contributed by atoms with Gasteiger partial charge in [0.15, 0.2) is 0 Å². The van der Waals surface area contributed by atoms with Crippen LogP contribution >= 0.6 is 0 Å². The van der Waals surface area contributed by atoms with Crippen molar-refractivity contribution < 1.29 is 9.13 Å². The molecule has 3 aromatic carbocycles. The maximum atomic E-state index is 13.5. The molecule has 0 bridgehead atoms. The number of fused-ring (bicyclic) bond motifs is 3. The van der Waals surface area contributed by atoms with Gasteiger partial charge in [0.05, 0.1) is 23.3 Å².